The Morgan fingerprint density at radius 3 is 2.43 bits per heavy atom. The Morgan fingerprint density at radius 1 is 1.00 bits per heavy atom. The molecule has 0 spiro atoms. The maximum Gasteiger partial charge on any atom is 0.125 e. The molecule has 0 saturated heterocycles. The van der Waals surface area contributed by atoms with Crippen LogP contribution in [0.5, 0.6) is 17.2 Å². The Hall–Kier alpha value is -2.67. The second kappa shape index (κ2) is 6.67. The van der Waals surface area contributed by atoms with Crippen LogP contribution in [0.1, 0.15) is 16.7 Å². The molecule has 21 heavy (non-hydrogen) atoms. The number of benzene rings is 2. The molecule has 0 aliphatic heterocycles. The Bertz CT molecular complexity index is 674. The van der Waals surface area contributed by atoms with Gasteiger partial charge in [-0.2, -0.15) is 5.26 Å². The summed E-state index contributed by atoms with van der Waals surface area (Å²) in [6.45, 7) is 2.38. The Labute approximate surface area is 124 Å². The van der Waals surface area contributed by atoms with Gasteiger partial charge in [0, 0.05) is 11.6 Å². The van der Waals surface area contributed by atoms with Gasteiger partial charge in [-0.1, -0.05) is 11.6 Å². The number of nitriles is 1. The summed E-state index contributed by atoms with van der Waals surface area (Å²) in [7, 11) is 3.19. The van der Waals surface area contributed by atoms with E-state index >= 15 is 0 Å². The molecule has 0 unspecified atom stereocenters. The van der Waals surface area contributed by atoms with Gasteiger partial charge in [-0.3, -0.25) is 0 Å². The third-order valence-corrected chi connectivity index (χ3v) is 3.08. The first-order valence-electron chi connectivity index (χ1n) is 6.51. The molecule has 2 aromatic carbocycles. The molecule has 4 heteroatoms. The molecule has 2 rings (SSSR count). The first kappa shape index (κ1) is 14.7. The lowest BCUT2D eigenvalue weighted by Gasteiger charge is -2.12. The van der Waals surface area contributed by atoms with Gasteiger partial charge in [-0.15, -0.1) is 0 Å². The van der Waals surface area contributed by atoms with Gasteiger partial charge in [-0.05, 0) is 31.2 Å². The van der Waals surface area contributed by atoms with Crippen molar-refractivity contribution >= 4 is 0 Å². The molecule has 0 fully saturated rings. The summed E-state index contributed by atoms with van der Waals surface area (Å²) in [5.74, 6) is 1.97. The second-order valence-corrected chi connectivity index (χ2v) is 4.61. The molecule has 0 saturated carbocycles. The summed E-state index contributed by atoms with van der Waals surface area (Å²) in [6.07, 6.45) is 0. The van der Waals surface area contributed by atoms with Crippen LogP contribution >= 0.6 is 0 Å². The predicted octanol–water partition coefficient (Wildman–Crippen LogP) is 3.46. The molecule has 108 valence electrons. The van der Waals surface area contributed by atoms with Gasteiger partial charge in [0.1, 0.15) is 23.9 Å². The zero-order valence-electron chi connectivity index (χ0n) is 12.3. The molecular weight excluding hydrogens is 266 g/mol. The van der Waals surface area contributed by atoms with Crippen molar-refractivity contribution in [3.8, 4) is 23.3 Å². The number of ether oxygens (including phenoxy) is 3. The average molecular weight is 283 g/mol. The molecule has 0 aliphatic rings. The van der Waals surface area contributed by atoms with Crippen LogP contribution < -0.4 is 14.2 Å². The molecule has 0 bridgehead atoms. The van der Waals surface area contributed by atoms with E-state index in [9.17, 15) is 0 Å². The van der Waals surface area contributed by atoms with Crippen LogP contribution in [0.15, 0.2) is 36.4 Å². The summed E-state index contributed by atoms with van der Waals surface area (Å²) >= 11 is 0. The topological polar surface area (TPSA) is 51.5 Å². The number of nitrogens with zero attached hydrogens (tertiary/aromatic N) is 1. The van der Waals surface area contributed by atoms with Crippen molar-refractivity contribution in [2.45, 2.75) is 13.5 Å². The zero-order chi connectivity index (χ0) is 15.2. The van der Waals surface area contributed by atoms with E-state index in [1.807, 2.05) is 25.1 Å². The third-order valence-electron chi connectivity index (χ3n) is 3.08. The van der Waals surface area contributed by atoms with Crippen molar-refractivity contribution in [3.05, 3.63) is 53.1 Å². The van der Waals surface area contributed by atoms with Crippen molar-refractivity contribution in [2.24, 2.45) is 0 Å². The van der Waals surface area contributed by atoms with Gasteiger partial charge in [0.2, 0.25) is 0 Å². The van der Waals surface area contributed by atoms with E-state index in [0.717, 1.165) is 16.9 Å². The van der Waals surface area contributed by atoms with Gasteiger partial charge < -0.3 is 14.2 Å². The minimum atomic E-state index is 0.364. The summed E-state index contributed by atoms with van der Waals surface area (Å²) in [4.78, 5) is 0. The zero-order valence-corrected chi connectivity index (χ0v) is 12.3. The van der Waals surface area contributed by atoms with Gasteiger partial charge in [0.05, 0.1) is 25.9 Å². The molecule has 0 aromatic heterocycles. The highest BCUT2D eigenvalue weighted by Gasteiger charge is 2.06. The third kappa shape index (κ3) is 3.67. The molecule has 0 radical (unpaired) electrons. The van der Waals surface area contributed by atoms with Crippen LogP contribution in [0.2, 0.25) is 0 Å². The molecule has 2 aromatic rings. The molecule has 0 N–H and O–H groups in total. The second-order valence-electron chi connectivity index (χ2n) is 4.61. The quantitative estimate of drug-likeness (QED) is 0.843. The van der Waals surface area contributed by atoms with Gasteiger partial charge in [0.15, 0.2) is 0 Å². The van der Waals surface area contributed by atoms with E-state index < -0.39 is 0 Å². The Balaban J connectivity index is 2.20. The van der Waals surface area contributed by atoms with E-state index in [2.05, 4.69) is 6.07 Å². The monoisotopic (exact) mass is 283 g/mol. The fourth-order valence-corrected chi connectivity index (χ4v) is 2.02. The number of hydrogen-bond donors (Lipinski definition) is 0. The highest BCUT2D eigenvalue weighted by Crippen LogP contribution is 2.25. The highest BCUT2D eigenvalue weighted by atomic mass is 16.5. The molecule has 4 nitrogen and oxygen atoms in total. The van der Waals surface area contributed by atoms with E-state index in [4.69, 9.17) is 19.5 Å². The number of hydrogen-bond acceptors (Lipinski definition) is 4. The maximum atomic E-state index is 9.00. The van der Waals surface area contributed by atoms with Crippen LogP contribution in [0.3, 0.4) is 0 Å². The van der Waals surface area contributed by atoms with E-state index in [1.54, 1.807) is 32.4 Å². The van der Waals surface area contributed by atoms with Gasteiger partial charge in [-0.25, -0.2) is 0 Å². The lowest BCUT2D eigenvalue weighted by molar-refractivity contribution is 0.294. The van der Waals surface area contributed by atoms with Crippen molar-refractivity contribution in [1.29, 1.82) is 5.26 Å². The largest absolute Gasteiger partial charge is 0.497 e. The normalized spacial score (nSPS) is 9.81. The Morgan fingerprint density at radius 2 is 1.76 bits per heavy atom. The van der Waals surface area contributed by atoms with Crippen LogP contribution in [-0.4, -0.2) is 14.2 Å². The minimum Gasteiger partial charge on any atom is -0.497 e. The number of aryl methyl sites for hydroxylation is 1. The SMILES string of the molecule is COc1cc(C#N)cc(OCc2cc(C)ccc2OC)c1. The minimum absolute atomic E-state index is 0.364. The predicted molar refractivity (Wildman–Crippen MR) is 79.8 cm³/mol. The Kier molecular flexibility index (Phi) is 4.68. The van der Waals surface area contributed by atoms with Crippen LogP contribution in [-0.2, 0) is 6.61 Å². The molecule has 0 amide bonds. The van der Waals surface area contributed by atoms with Crippen LogP contribution in [0.4, 0.5) is 0 Å². The standard InChI is InChI=1S/C17H17NO3/c1-12-4-5-17(20-3)14(6-12)11-21-16-8-13(10-18)7-15(9-16)19-2/h4-9H,11H2,1-3H3. The summed E-state index contributed by atoms with van der Waals surface area (Å²) in [5, 5.41) is 9.00. The van der Waals surface area contributed by atoms with Gasteiger partial charge in [0.25, 0.3) is 0 Å². The fourth-order valence-electron chi connectivity index (χ4n) is 2.02. The van der Waals surface area contributed by atoms with E-state index in [0.29, 0.717) is 23.7 Å². The van der Waals surface area contributed by atoms with Crippen molar-refractivity contribution in [1.82, 2.24) is 0 Å². The van der Waals surface area contributed by atoms with E-state index in [1.165, 1.54) is 0 Å². The first-order valence-corrected chi connectivity index (χ1v) is 6.51. The summed E-state index contributed by atoms with van der Waals surface area (Å²) in [5.41, 5.74) is 2.59. The molecule has 0 aliphatic carbocycles. The summed E-state index contributed by atoms with van der Waals surface area (Å²) < 4.78 is 16.2. The van der Waals surface area contributed by atoms with Crippen LogP contribution in [0.25, 0.3) is 0 Å². The molecule has 0 heterocycles. The summed E-state index contributed by atoms with van der Waals surface area (Å²) in [6, 6.07) is 13.1. The average Bonchev–Trinajstić information content (AvgIpc) is 2.52. The smallest absolute Gasteiger partial charge is 0.125 e. The van der Waals surface area contributed by atoms with E-state index in [-0.39, 0.29) is 0 Å². The maximum absolute atomic E-state index is 9.00. The van der Waals surface area contributed by atoms with Crippen molar-refractivity contribution in [2.75, 3.05) is 14.2 Å². The highest BCUT2D eigenvalue weighted by molar-refractivity contribution is 5.44. The fraction of sp³-hybridized carbons (Fsp3) is 0.235. The number of rotatable bonds is 5. The van der Waals surface area contributed by atoms with Crippen molar-refractivity contribution in [3.63, 3.8) is 0 Å². The molecular formula is C17H17NO3. The lowest BCUT2D eigenvalue weighted by Crippen LogP contribution is -2.00. The van der Waals surface area contributed by atoms with Crippen LogP contribution in [0, 0.1) is 18.3 Å². The van der Waals surface area contributed by atoms with Crippen molar-refractivity contribution < 1.29 is 14.2 Å². The lowest BCUT2D eigenvalue weighted by atomic mass is 10.1. The number of methoxy groups -OCH3 is 2. The van der Waals surface area contributed by atoms with Gasteiger partial charge >= 0.3 is 0 Å². The molecule has 0 atom stereocenters. The first-order chi connectivity index (χ1) is 10.2.